The highest BCUT2D eigenvalue weighted by Crippen LogP contribution is 2.65. The van der Waals surface area contributed by atoms with Crippen molar-refractivity contribution in [2.45, 2.75) is 5.41 Å². The molecule has 0 bridgehead atoms. The molecule has 0 saturated carbocycles. The summed E-state index contributed by atoms with van der Waals surface area (Å²) in [5, 5.41) is 7.09. The summed E-state index contributed by atoms with van der Waals surface area (Å²) in [5.74, 6) is 0. The van der Waals surface area contributed by atoms with Crippen molar-refractivity contribution in [2.75, 3.05) is 4.90 Å². The summed E-state index contributed by atoms with van der Waals surface area (Å²) < 4.78 is 12.0. The minimum absolute atomic E-state index is 0.496. The Bertz CT molecular complexity index is 4490. The van der Waals surface area contributed by atoms with Gasteiger partial charge in [0.2, 0.25) is 0 Å². The standard InChI is InChI=1S/C67H40N2OS/c1-2-17-42(18-3-1)69-57-40-39-48-47-21-7-12-32-59(47)70-66(48)64(57)51-25-14-31-58(65(51)69)68(43-37-35-41(36-38-43)44-24-15-34-61-62(44)50-23-8-13-33-60(50)71-61)56-30-16-29-55-63(56)49-22-6-11-28-54(49)67(55)52-26-9-4-19-45(52)46-20-5-10-27-53(46)67/h1-40H. The molecule has 1 spiro atoms. The Morgan fingerprint density at radius 3 is 1.79 bits per heavy atom. The van der Waals surface area contributed by atoms with Crippen LogP contribution in [0.25, 0.3) is 103 Å². The van der Waals surface area contributed by atoms with E-state index in [0.717, 1.165) is 66.5 Å². The Kier molecular flexibility index (Phi) is 7.97. The molecule has 2 aliphatic carbocycles. The van der Waals surface area contributed by atoms with Gasteiger partial charge in [0.05, 0.1) is 33.2 Å². The Balaban J connectivity index is 1.02. The number of hydrogen-bond donors (Lipinski definition) is 0. The molecule has 0 amide bonds. The summed E-state index contributed by atoms with van der Waals surface area (Å²) in [5.41, 5.74) is 20.7. The zero-order chi connectivity index (χ0) is 46.4. The Hall–Kier alpha value is -8.96. The predicted octanol–water partition coefficient (Wildman–Crippen LogP) is 18.5. The van der Waals surface area contributed by atoms with Crippen molar-refractivity contribution in [3.05, 3.63) is 265 Å². The number of benzene rings is 11. The third-order valence-electron chi connectivity index (χ3n) is 15.6. The molecule has 330 valence electrons. The molecule has 0 fully saturated rings. The van der Waals surface area contributed by atoms with Gasteiger partial charge in [-0.3, -0.25) is 0 Å². The molecule has 0 saturated heterocycles. The highest BCUT2D eigenvalue weighted by atomic mass is 32.1. The maximum Gasteiger partial charge on any atom is 0.145 e. The van der Waals surface area contributed by atoms with Crippen LogP contribution in [0.1, 0.15) is 22.3 Å². The summed E-state index contributed by atoms with van der Waals surface area (Å²) in [4.78, 5) is 2.54. The first-order valence-corrected chi connectivity index (χ1v) is 25.2. The second kappa shape index (κ2) is 14.5. The van der Waals surface area contributed by atoms with E-state index in [-0.39, 0.29) is 0 Å². The molecule has 3 nitrogen and oxygen atoms in total. The van der Waals surface area contributed by atoms with Crippen LogP contribution in [0.2, 0.25) is 0 Å². The molecule has 0 unspecified atom stereocenters. The lowest BCUT2D eigenvalue weighted by Gasteiger charge is -2.32. The lowest BCUT2D eigenvalue weighted by Crippen LogP contribution is -2.26. The van der Waals surface area contributed by atoms with Crippen LogP contribution in [0, 0.1) is 0 Å². The van der Waals surface area contributed by atoms with Crippen molar-refractivity contribution in [3.8, 4) is 39.1 Å². The third-order valence-corrected chi connectivity index (χ3v) is 16.7. The summed E-state index contributed by atoms with van der Waals surface area (Å²) in [6, 6.07) is 89.8. The van der Waals surface area contributed by atoms with Gasteiger partial charge in [0.25, 0.3) is 0 Å². The topological polar surface area (TPSA) is 21.3 Å². The molecule has 2 aliphatic rings. The first-order valence-electron chi connectivity index (χ1n) is 24.4. The van der Waals surface area contributed by atoms with Gasteiger partial charge in [0.1, 0.15) is 11.2 Å². The van der Waals surface area contributed by atoms with E-state index in [1.807, 2.05) is 11.3 Å². The van der Waals surface area contributed by atoms with Gasteiger partial charge in [-0.05, 0) is 117 Å². The van der Waals surface area contributed by atoms with E-state index >= 15 is 0 Å². The average Bonchev–Trinajstić information content (AvgIpc) is 4.24. The second-order valence-corrected chi connectivity index (χ2v) is 20.1. The predicted molar refractivity (Wildman–Crippen MR) is 297 cm³/mol. The molecule has 4 heteroatoms. The molecule has 0 radical (unpaired) electrons. The second-order valence-electron chi connectivity index (χ2n) is 19.0. The van der Waals surface area contributed by atoms with Gasteiger partial charge in [-0.2, -0.15) is 0 Å². The number of anilines is 3. The summed E-state index contributed by atoms with van der Waals surface area (Å²) in [7, 11) is 0. The molecule has 11 aromatic carbocycles. The lowest BCUT2D eigenvalue weighted by atomic mass is 9.70. The van der Waals surface area contributed by atoms with Crippen molar-refractivity contribution in [3.63, 3.8) is 0 Å². The maximum absolute atomic E-state index is 6.88. The number of thiophene rings is 1. The van der Waals surface area contributed by atoms with Crippen LogP contribution >= 0.6 is 11.3 Å². The van der Waals surface area contributed by atoms with Crippen molar-refractivity contribution >= 4 is 92.3 Å². The van der Waals surface area contributed by atoms with Crippen molar-refractivity contribution in [1.82, 2.24) is 4.57 Å². The number of para-hydroxylation sites is 3. The first kappa shape index (κ1) is 38.9. The van der Waals surface area contributed by atoms with Crippen LogP contribution in [0.3, 0.4) is 0 Å². The van der Waals surface area contributed by atoms with Gasteiger partial charge in [-0.1, -0.05) is 176 Å². The van der Waals surface area contributed by atoms with Crippen LogP contribution in [0.4, 0.5) is 17.1 Å². The largest absolute Gasteiger partial charge is 0.455 e. The number of furan rings is 1. The zero-order valence-corrected chi connectivity index (χ0v) is 39.1. The minimum atomic E-state index is -0.496. The van der Waals surface area contributed by atoms with Crippen molar-refractivity contribution in [1.29, 1.82) is 0 Å². The van der Waals surface area contributed by atoms with Gasteiger partial charge >= 0.3 is 0 Å². The van der Waals surface area contributed by atoms with Gasteiger partial charge < -0.3 is 13.9 Å². The van der Waals surface area contributed by atoms with E-state index in [4.69, 9.17) is 4.42 Å². The summed E-state index contributed by atoms with van der Waals surface area (Å²) in [6.45, 7) is 0. The van der Waals surface area contributed by atoms with Crippen molar-refractivity contribution in [2.24, 2.45) is 0 Å². The fraction of sp³-hybridized carbons (Fsp3) is 0.0149. The number of fused-ring (bicyclic) bond motifs is 20. The van der Waals surface area contributed by atoms with E-state index in [1.54, 1.807) is 0 Å². The van der Waals surface area contributed by atoms with Crippen LogP contribution in [0.5, 0.6) is 0 Å². The molecule has 0 atom stereocenters. The number of aromatic nitrogens is 1. The molecule has 71 heavy (non-hydrogen) atoms. The summed E-state index contributed by atoms with van der Waals surface area (Å²) in [6.07, 6.45) is 0. The van der Waals surface area contributed by atoms with Crippen LogP contribution < -0.4 is 4.90 Å². The van der Waals surface area contributed by atoms with Crippen molar-refractivity contribution < 1.29 is 4.42 Å². The van der Waals surface area contributed by atoms with Crippen LogP contribution in [0.15, 0.2) is 247 Å². The number of nitrogens with zero attached hydrogens (tertiary/aromatic N) is 2. The molecule has 0 N–H and O–H groups in total. The van der Waals surface area contributed by atoms with Gasteiger partial charge in [-0.25, -0.2) is 0 Å². The molecule has 16 rings (SSSR count). The Morgan fingerprint density at radius 2 is 0.986 bits per heavy atom. The molecule has 0 aliphatic heterocycles. The van der Waals surface area contributed by atoms with E-state index < -0.39 is 5.41 Å². The number of hydrogen-bond acceptors (Lipinski definition) is 3. The molecular weight excluding hydrogens is 881 g/mol. The van der Waals surface area contributed by atoms with Gasteiger partial charge in [0.15, 0.2) is 0 Å². The average molecular weight is 921 g/mol. The van der Waals surface area contributed by atoms with Gasteiger partial charge in [0, 0.05) is 53.3 Å². The van der Waals surface area contributed by atoms with Gasteiger partial charge in [-0.15, -0.1) is 11.3 Å². The van der Waals surface area contributed by atoms with E-state index in [2.05, 4.69) is 252 Å². The fourth-order valence-corrected chi connectivity index (χ4v) is 14.0. The highest BCUT2D eigenvalue weighted by molar-refractivity contribution is 7.25. The third kappa shape index (κ3) is 5.16. The fourth-order valence-electron chi connectivity index (χ4n) is 12.9. The van der Waals surface area contributed by atoms with E-state index in [1.165, 1.54) is 75.8 Å². The first-order chi connectivity index (χ1) is 35.3. The Morgan fingerprint density at radius 1 is 0.394 bits per heavy atom. The molecule has 3 heterocycles. The molecular formula is C67H40N2OS. The molecule has 3 aromatic heterocycles. The minimum Gasteiger partial charge on any atom is -0.455 e. The SMILES string of the molecule is c1ccc(-n2c3ccc4c5ccccc5oc4c3c3cccc(N(c4ccc(-c5cccc6sc7ccccc7c56)cc4)c4cccc5c4-c4ccccc4C54c5ccccc5-c5ccccc54)c32)cc1. The molecule has 14 aromatic rings. The van der Waals surface area contributed by atoms with E-state index in [0.29, 0.717) is 0 Å². The summed E-state index contributed by atoms with van der Waals surface area (Å²) >= 11 is 1.86. The monoisotopic (exact) mass is 920 g/mol. The number of rotatable bonds is 5. The Labute approximate surface area is 413 Å². The quantitative estimate of drug-likeness (QED) is 0.172. The maximum atomic E-state index is 6.88. The highest BCUT2D eigenvalue weighted by Gasteiger charge is 2.52. The lowest BCUT2D eigenvalue weighted by molar-refractivity contribution is 0.673. The zero-order valence-electron chi connectivity index (χ0n) is 38.3. The smallest absolute Gasteiger partial charge is 0.145 e. The normalized spacial score (nSPS) is 13.2. The van der Waals surface area contributed by atoms with E-state index in [9.17, 15) is 0 Å². The van der Waals surface area contributed by atoms with Crippen LogP contribution in [-0.4, -0.2) is 4.57 Å². The van der Waals surface area contributed by atoms with Crippen LogP contribution in [-0.2, 0) is 5.41 Å².